The maximum atomic E-state index is 12.7. The molecule has 128 valence electrons. The fourth-order valence-electron chi connectivity index (χ4n) is 3.46. The van der Waals surface area contributed by atoms with E-state index >= 15 is 0 Å². The molecular weight excluding hydrogens is 306 g/mol. The summed E-state index contributed by atoms with van der Waals surface area (Å²) in [6.07, 6.45) is 7.60. The predicted molar refractivity (Wildman–Crippen MR) is 87.6 cm³/mol. The lowest BCUT2D eigenvalue weighted by Gasteiger charge is -2.33. The molecule has 1 saturated carbocycles. The fourth-order valence-corrected chi connectivity index (χ4v) is 3.46. The average Bonchev–Trinajstić information content (AvgIpc) is 3.09. The normalized spacial score (nSPS) is 20.2. The van der Waals surface area contributed by atoms with E-state index in [1.807, 2.05) is 18.2 Å². The number of hydrogen-bond donors (Lipinski definition) is 0. The molecule has 2 aromatic heterocycles. The molecule has 24 heavy (non-hydrogen) atoms. The van der Waals surface area contributed by atoms with Crippen LogP contribution in [0.3, 0.4) is 0 Å². The Morgan fingerprint density at radius 3 is 3.04 bits per heavy atom. The highest BCUT2D eigenvalue weighted by atomic mass is 16.5. The fraction of sp³-hybridized carbons (Fsp3) is 0.556. The van der Waals surface area contributed by atoms with Gasteiger partial charge in [0, 0.05) is 31.3 Å². The number of imidazole rings is 1. The van der Waals surface area contributed by atoms with Crippen molar-refractivity contribution in [2.75, 3.05) is 19.8 Å². The van der Waals surface area contributed by atoms with Crippen LogP contribution in [0.4, 0.5) is 0 Å². The van der Waals surface area contributed by atoms with E-state index in [0.717, 1.165) is 18.2 Å². The Morgan fingerprint density at radius 2 is 2.33 bits per heavy atom. The minimum absolute atomic E-state index is 0.00681. The minimum atomic E-state index is -0.00681. The van der Waals surface area contributed by atoms with Crippen molar-refractivity contribution in [1.82, 2.24) is 14.5 Å². The molecule has 1 aliphatic heterocycles. The molecule has 1 amide bonds. The number of amides is 1. The van der Waals surface area contributed by atoms with Gasteiger partial charge >= 0.3 is 0 Å². The van der Waals surface area contributed by atoms with Crippen LogP contribution in [-0.4, -0.2) is 40.1 Å². The minimum Gasteiger partial charge on any atom is -0.472 e. The molecule has 0 radical (unpaired) electrons. The molecule has 3 heterocycles. The number of hydrogen-bond acceptors (Lipinski definition) is 4. The first kappa shape index (κ1) is 15.4. The SMILES string of the molecule is CCOC[C@@H]1CN(C(=O)c2ccoc2)Cc2ncn(CC3CC3)c21. The van der Waals surface area contributed by atoms with Crippen molar-refractivity contribution in [3.8, 4) is 0 Å². The Labute approximate surface area is 141 Å². The van der Waals surface area contributed by atoms with Crippen LogP contribution in [0.25, 0.3) is 0 Å². The number of carbonyl (C=O) groups is 1. The Hall–Kier alpha value is -2.08. The van der Waals surface area contributed by atoms with Gasteiger partial charge in [-0.3, -0.25) is 4.79 Å². The van der Waals surface area contributed by atoms with E-state index in [-0.39, 0.29) is 11.8 Å². The van der Waals surface area contributed by atoms with Crippen molar-refractivity contribution in [2.45, 2.75) is 38.8 Å². The first-order chi connectivity index (χ1) is 11.8. The number of fused-ring (bicyclic) bond motifs is 1. The van der Waals surface area contributed by atoms with Crippen LogP contribution in [0.15, 0.2) is 29.3 Å². The van der Waals surface area contributed by atoms with Crippen LogP contribution in [0.5, 0.6) is 0 Å². The lowest BCUT2D eigenvalue weighted by molar-refractivity contribution is 0.0643. The molecule has 0 saturated heterocycles. The van der Waals surface area contributed by atoms with Crippen LogP contribution in [-0.2, 0) is 17.8 Å². The average molecular weight is 329 g/mol. The summed E-state index contributed by atoms with van der Waals surface area (Å²) < 4.78 is 13.0. The van der Waals surface area contributed by atoms with Crippen LogP contribution in [0, 0.1) is 5.92 Å². The zero-order chi connectivity index (χ0) is 16.5. The Morgan fingerprint density at radius 1 is 1.46 bits per heavy atom. The zero-order valence-electron chi connectivity index (χ0n) is 14.0. The molecule has 1 atom stereocenters. The molecule has 0 N–H and O–H groups in total. The van der Waals surface area contributed by atoms with E-state index in [2.05, 4.69) is 9.55 Å². The largest absolute Gasteiger partial charge is 0.472 e. The number of rotatable bonds is 6. The van der Waals surface area contributed by atoms with Gasteiger partial charge in [-0.2, -0.15) is 0 Å². The van der Waals surface area contributed by atoms with E-state index < -0.39 is 0 Å². The van der Waals surface area contributed by atoms with Crippen LogP contribution in [0.2, 0.25) is 0 Å². The molecule has 6 nitrogen and oxygen atoms in total. The molecule has 4 rings (SSSR count). The second-order valence-electron chi connectivity index (χ2n) is 6.73. The summed E-state index contributed by atoms with van der Waals surface area (Å²) in [5.41, 5.74) is 2.85. The zero-order valence-corrected chi connectivity index (χ0v) is 14.0. The van der Waals surface area contributed by atoms with E-state index in [9.17, 15) is 4.79 Å². The van der Waals surface area contributed by atoms with Gasteiger partial charge in [0.2, 0.25) is 0 Å². The monoisotopic (exact) mass is 329 g/mol. The lowest BCUT2D eigenvalue weighted by atomic mass is 9.98. The molecule has 2 aliphatic rings. The molecule has 2 aromatic rings. The first-order valence-corrected chi connectivity index (χ1v) is 8.69. The smallest absolute Gasteiger partial charge is 0.257 e. The number of furan rings is 1. The third kappa shape index (κ3) is 2.98. The van der Waals surface area contributed by atoms with Crippen LogP contribution >= 0.6 is 0 Å². The highest BCUT2D eigenvalue weighted by molar-refractivity contribution is 5.94. The molecule has 1 aliphatic carbocycles. The van der Waals surface area contributed by atoms with Crippen molar-refractivity contribution in [3.63, 3.8) is 0 Å². The summed E-state index contributed by atoms with van der Waals surface area (Å²) in [7, 11) is 0. The number of nitrogens with zero attached hydrogens (tertiary/aromatic N) is 3. The lowest BCUT2D eigenvalue weighted by Crippen LogP contribution is -2.40. The Balaban J connectivity index is 1.59. The second-order valence-corrected chi connectivity index (χ2v) is 6.73. The van der Waals surface area contributed by atoms with Gasteiger partial charge in [0.15, 0.2) is 0 Å². The summed E-state index contributed by atoms with van der Waals surface area (Å²) in [4.78, 5) is 19.1. The second kappa shape index (κ2) is 6.43. The van der Waals surface area contributed by atoms with Crippen molar-refractivity contribution in [2.24, 2.45) is 5.92 Å². The predicted octanol–water partition coefficient (Wildman–Crippen LogP) is 2.66. The summed E-state index contributed by atoms with van der Waals surface area (Å²) >= 11 is 0. The van der Waals surface area contributed by atoms with Crippen molar-refractivity contribution in [3.05, 3.63) is 41.9 Å². The van der Waals surface area contributed by atoms with E-state index in [1.54, 1.807) is 6.07 Å². The maximum Gasteiger partial charge on any atom is 0.257 e. The van der Waals surface area contributed by atoms with E-state index in [4.69, 9.17) is 9.15 Å². The van der Waals surface area contributed by atoms with Gasteiger partial charge < -0.3 is 18.6 Å². The summed E-state index contributed by atoms with van der Waals surface area (Å²) in [6.45, 7) is 5.56. The van der Waals surface area contributed by atoms with Crippen molar-refractivity contribution in [1.29, 1.82) is 0 Å². The molecular formula is C18H23N3O3. The summed E-state index contributed by atoms with van der Waals surface area (Å²) in [5.74, 6) is 0.958. The number of ether oxygens (including phenoxy) is 1. The highest BCUT2D eigenvalue weighted by Crippen LogP contribution is 2.34. The molecule has 0 aromatic carbocycles. The van der Waals surface area contributed by atoms with Gasteiger partial charge in [0.25, 0.3) is 5.91 Å². The topological polar surface area (TPSA) is 60.5 Å². The standard InChI is InChI=1S/C18H23N3O3/c1-2-23-11-15-8-20(18(22)14-5-6-24-10-14)9-16-17(15)21(12-19-16)7-13-3-4-13/h5-6,10,12-13,15H,2-4,7-9,11H2,1H3/t15-/m0/s1. The molecule has 1 fully saturated rings. The molecule has 0 unspecified atom stereocenters. The highest BCUT2D eigenvalue weighted by Gasteiger charge is 2.34. The van der Waals surface area contributed by atoms with Gasteiger partial charge in [-0.1, -0.05) is 0 Å². The van der Waals surface area contributed by atoms with Gasteiger partial charge in [-0.15, -0.1) is 0 Å². The van der Waals surface area contributed by atoms with Gasteiger partial charge in [0.1, 0.15) is 6.26 Å². The van der Waals surface area contributed by atoms with E-state index in [0.29, 0.717) is 31.9 Å². The van der Waals surface area contributed by atoms with Gasteiger partial charge in [-0.05, 0) is 31.7 Å². The van der Waals surface area contributed by atoms with Crippen molar-refractivity contribution >= 4 is 5.91 Å². The molecule has 0 spiro atoms. The Kier molecular flexibility index (Phi) is 4.14. The Bertz CT molecular complexity index is 703. The van der Waals surface area contributed by atoms with Crippen LogP contribution < -0.4 is 0 Å². The number of carbonyl (C=O) groups excluding carboxylic acids is 1. The first-order valence-electron chi connectivity index (χ1n) is 8.69. The molecule has 0 bridgehead atoms. The molecule has 6 heteroatoms. The van der Waals surface area contributed by atoms with E-state index in [1.165, 1.54) is 31.1 Å². The van der Waals surface area contributed by atoms with Crippen molar-refractivity contribution < 1.29 is 13.9 Å². The van der Waals surface area contributed by atoms with Crippen LogP contribution in [0.1, 0.15) is 47.4 Å². The third-order valence-corrected chi connectivity index (χ3v) is 4.86. The quantitative estimate of drug-likeness (QED) is 0.817. The van der Waals surface area contributed by atoms with Gasteiger partial charge in [0.05, 0.1) is 37.0 Å². The number of aromatic nitrogens is 2. The third-order valence-electron chi connectivity index (χ3n) is 4.86. The summed E-state index contributed by atoms with van der Waals surface area (Å²) in [5, 5.41) is 0. The van der Waals surface area contributed by atoms with Gasteiger partial charge in [-0.25, -0.2) is 4.98 Å². The summed E-state index contributed by atoms with van der Waals surface area (Å²) in [6, 6.07) is 1.71. The maximum absolute atomic E-state index is 12.7.